The number of furan rings is 1. The van der Waals surface area contributed by atoms with Gasteiger partial charge in [-0.15, -0.1) is 0 Å². The molecule has 1 unspecified atom stereocenters. The third-order valence-corrected chi connectivity index (χ3v) is 3.18. The van der Waals surface area contributed by atoms with Crippen molar-refractivity contribution in [1.82, 2.24) is 20.1 Å². The number of hydrogen-bond acceptors (Lipinski definition) is 4. The Morgan fingerprint density at radius 2 is 2.47 bits per heavy atom. The van der Waals surface area contributed by atoms with Crippen LogP contribution in [0.3, 0.4) is 0 Å². The van der Waals surface area contributed by atoms with Crippen LogP contribution in [0.2, 0.25) is 0 Å². The quantitative estimate of drug-likeness (QED) is 0.853. The highest BCUT2D eigenvalue weighted by molar-refractivity contribution is 5.46. The molecule has 1 atom stereocenters. The average molecular weight is 232 g/mol. The molecule has 1 aliphatic heterocycles. The van der Waals surface area contributed by atoms with Crippen LogP contribution >= 0.6 is 0 Å². The summed E-state index contributed by atoms with van der Waals surface area (Å²) in [6.45, 7) is 2.08. The van der Waals surface area contributed by atoms with E-state index in [9.17, 15) is 0 Å². The smallest absolute Gasteiger partial charge is 0.194 e. The lowest BCUT2D eigenvalue weighted by atomic mass is 9.99. The number of hydrogen-bond donors (Lipinski definition) is 1. The fourth-order valence-electron chi connectivity index (χ4n) is 2.27. The van der Waals surface area contributed by atoms with Crippen molar-refractivity contribution in [3.05, 3.63) is 24.2 Å². The zero-order valence-corrected chi connectivity index (χ0v) is 9.89. The number of aryl methyl sites for hydroxylation is 1. The van der Waals surface area contributed by atoms with E-state index in [2.05, 4.69) is 15.4 Å². The second kappa shape index (κ2) is 4.33. The van der Waals surface area contributed by atoms with Crippen LogP contribution in [0, 0.1) is 0 Å². The Hall–Kier alpha value is -1.62. The first-order valence-corrected chi connectivity index (χ1v) is 6.00. The molecule has 1 aliphatic rings. The van der Waals surface area contributed by atoms with Crippen LogP contribution in [0.15, 0.2) is 22.8 Å². The fraction of sp³-hybridized carbons (Fsp3) is 0.500. The minimum Gasteiger partial charge on any atom is -0.461 e. The maximum Gasteiger partial charge on any atom is 0.194 e. The number of nitrogens with zero attached hydrogens (tertiary/aromatic N) is 3. The van der Waals surface area contributed by atoms with E-state index in [1.54, 1.807) is 10.9 Å². The Labute approximate surface area is 99.8 Å². The van der Waals surface area contributed by atoms with Gasteiger partial charge in [0.1, 0.15) is 0 Å². The molecule has 17 heavy (non-hydrogen) atoms. The topological polar surface area (TPSA) is 55.9 Å². The van der Waals surface area contributed by atoms with Gasteiger partial charge in [-0.25, -0.2) is 9.67 Å². The van der Waals surface area contributed by atoms with Crippen LogP contribution in [0.5, 0.6) is 0 Å². The number of aromatic nitrogens is 3. The molecule has 0 amide bonds. The molecule has 2 aromatic rings. The monoisotopic (exact) mass is 232 g/mol. The first-order valence-electron chi connectivity index (χ1n) is 6.00. The van der Waals surface area contributed by atoms with Crippen molar-refractivity contribution in [3.8, 4) is 11.6 Å². The summed E-state index contributed by atoms with van der Waals surface area (Å²) in [6.07, 6.45) is 4.01. The summed E-state index contributed by atoms with van der Waals surface area (Å²) in [4.78, 5) is 4.59. The van der Waals surface area contributed by atoms with Crippen LogP contribution in [0.25, 0.3) is 11.6 Å². The summed E-state index contributed by atoms with van der Waals surface area (Å²) in [5, 5.41) is 7.88. The Morgan fingerprint density at radius 1 is 1.53 bits per heavy atom. The molecule has 0 saturated carbocycles. The van der Waals surface area contributed by atoms with Crippen molar-refractivity contribution in [2.75, 3.05) is 13.1 Å². The van der Waals surface area contributed by atoms with Gasteiger partial charge in [-0.1, -0.05) is 0 Å². The Bertz CT molecular complexity index is 483. The van der Waals surface area contributed by atoms with Gasteiger partial charge in [-0.05, 0) is 31.5 Å². The summed E-state index contributed by atoms with van der Waals surface area (Å²) in [7, 11) is 1.91. The van der Waals surface area contributed by atoms with Crippen LogP contribution in [-0.2, 0) is 7.05 Å². The molecular weight excluding hydrogens is 216 g/mol. The van der Waals surface area contributed by atoms with Crippen molar-refractivity contribution in [3.63, 3.8) is 0 Å². The van der Waals surface area contributed by atoms with E-state index in [-0.39, 0.29) is 0 Å². The number of nitrogens with one attached hydrogen (secondary N) is 1. The minimum absolute atomic E-state index is 0.429. The van der Waals surface area contributed by atoms with Gasteiger partial charge in [-0.3, -0.25) is 0 Å². The number of piperidine rings is 1. The van der Waals surface area contributed by atoms with Gasteiger partial charge in [0, 0.05) is 19.5 Å². The Balaban J connectivity index is 1.90. The van der Waals surface area contributed by atoms with E-state index in [0.717, 1.165) is 36.9 Å². The highest BCUT2D eigenvalue weighted by Crippen LogP contribution is 2.23. The van der Waals surface area contributed by atoms with Gasteiger partial charge < -0.3 is 9.73 Å². The molecular formula is C12H16N4O. The van der Waals surface area contributed by atoms with Crippen molar-refractivity contribution < 1.29 is 4.42 Å². The fourth-order valence-corrected chi connectivity index (χ4v) is 2.27. The van der Waals surface area contributed by atoms with Gasteiger partial charge in [-0.2, -0.15) is 5.10 Å². The summed E-state index contributed by atoms with van der Waals surface area (Å²) in [5.41, 5.74) is 0. The van der Waals surface area contributed by atoms with Crippen LogP contribution in [-0.4, -0.2) is 27.9 Å². The summed E-state index contributed by atoms with van der Waals surface area (Å²) < 4.78 is 7.16. The average Bonchev–Trinajstić information content (AvgIpc) is 2.99. The maximum absolute atomic E-state index is 5.36. The lowest BCUT2D eigenvalue weighted by Crippen LogP contribution is -2.29. The normalized spacial score (nSPS) is 20.6. The molecule has 0 aliphatic carbocycles. The molecule has 90 valence electrons. The third kappa shape index (κ3) is 1.98. The van der Waals surface area contributed by atoms with Gasteiger partial charge >= 0.3 is 0 Å². The van der Waals surface area contributed by atoms with Gasteiger partial charge in [0.05, 0.1) is 6.26 Å². The third-order valence-electron chi connectivity index (χ3n) is 3.18. The predicted molar refractivity (Wildman–Crippen MR) is 63.5 cm³/mol. The van der Waals surface area contributed by atoms with Crippen molar-refractivity contribution in [2.24, 2.45) is 7.05 Å². The molecule has 0 spiro atoms. The predicted octanol–water partition coefficient (Wildman–Crippen LogP) is 1.54. The molecule has 1 N–H and O–H groups in total. The molecule has 2 aromatic heterocycles. The molecule has 5 heteroatoms. The lowest BCUT2D eigenvalue weighted by molar-refractivity contribution is 0.445. The highest BCUT2D eigenvalue weighted by Gasteiger charge is 2.21. The van der Waals surface area contributed by atoms with E-state index in [0.29, 0.717) is 5.92 Å². The zero-order chi connectivity index (χ0) is 11.7. The summed E-state index contributed by atoms with van der Waals surface area (Å²) in [5.74, 6) is 2.93. The first kappa shape index (κ1) is 10.5. The maximum atomic E-state index is 5.36. The zero-order valence-electron chi connectivity index (χ0n) is 9.89. The second-order valence-corrected chi connectivity index (χ2v) is 4.44. The molecule has 0 aromatic carbocycles. The molecule has 1 saturated heterocycles. The molecule has 0 bridgehead atoms. The highest BCUT2D eigenvalue weighted by atomic mass is 16.3. The summed E-state index contributed by atoms with van der Waals surface area (Å²) >= 11 is 0. The van der Waals surface area contributed by atoms with E-state index in [4.69, 9.17) is 4.42 Å². The van der Waals surface area contributed by atoms with Gasteiger partial charge in [0.25, 0.3) is 0 Å². The van der Waals surface area contributed by atoms with E-state index in [1.165, 1.54) is 6.42 Å². The first-order chi connectivity index (χ1) is 8.34. The van der Waals surface area contributed by atoms with Crippen molar-refractivity contribution >= 4 is 0 Å². The van der Waals surface area contributed by atoms with Crippen LogP contribution in [0.4, 0.5) is 0 Å². The Kier molecular flexibility index (Phi) is 2.68. The van der Waals surface area contributed by atoms with Gasteiger partial charge in [0.15, 0.2) is 17.4 Å². The molecule has 5 nitrogen and oxygen atoms in total. The van der Waals surface area contributed by atoms with Crippen molar-refractivity contribution in [1.29, 1.82) is 0 Å². The van der Waals surface area contributed by atoms with Crippen molar-refractivity contribution in [2.45, 2.75) is 18.8 Å². The largest absolute Gasteiger partial charge is 0.461 e. The van der Waals surface area contributed by atoms with Crippen LogP contribution in [0.1, 0.15) is 24.6 Å². The SMILES string of the molecule is Cn1nc(C2CCCNC2)nc1-c1ccco1. The summed E-state index contributed by atoms with van der Waals surface area (Å²) in [6, 6.07) is 3.78. The minimum atomic E-state index is 0.429. The molecule has 3 heterocycles. The number of rotatable bonds is 2. The lowest BCUT2D eigenvalue weighted by Gasteiger charge is -2.19. The van der Waals surface area contributed by atoms with E-state index in [1.807, 2.05) is 19.2 Å². The Morgan fingerprint density at radius 3 is 3.18 bits per heavy atom. The molecule has 3 rings (SSSR count). The van der Waals surface area contributed by atoms with E-state index < -0.39 is 0 Å². The molecule has 0 radical (unpaired) electrons. The standard InChI is InChI=1S/C12H16N4O/c1-16-12(10-5-3-7-17-10)14-11(15-16)9-4-2-6-13-8-9/h3,5,7,9,13H,2,4,6,8H2,1H3. The molecule has 1 fully saturated rings. The van der Waals surface area contributed by atoms with Gasteiger partial charge in [0.2, 0.25) is 0 Å². The van der Waals surface area contributed by atoms with Crippen LogP contribution < -0.4 is 5.32 Å². The second-order valence-electron chi connectivity index (χ2n) is 4.44. The van der Waals surface area contributed by atoms with E-state index >= 15 is 0 Å².